The molecule has 0 aliphatic carbocycles. The number of halogens is 2. The minimum absolute atomic E-state index is 0.224. The Bertz CT molecular complexity index is 642. The molecule has 114 valence electrons. The zero-order valence-electron chi connectivity index (χ0n) is 12.4. The van der Waals surface area contributed by atoms with Gasteiger partial charge in [0.25, 0.3) is 0 Å². The fourth-order valence-electron chi connectivity index (χ4n) is 2.30. The number of nitrogens with zero attached hydrogens (tertiary/aromatic N) is 2. The molecular formula is C15H19BrFN3O. The highest BCUT2D eigenvalue weighted by Crippen LogP contribution is 2.27. The van der Waals surface area contributed by atoms with Gasteiger partial charge in [-0.2, -0.15) is 5.10 Å². The van der Waals surface area contributed by atoms with Gasteiger partial charge < -0.3 is 10.5 Å². The van der Waals surface area contributed by atoms with Gasteiger partial charge in [0, 0.05) is 19.0 Å². The minimum atomic E-state index is -0.398. The maximum Gasteiger partial charge on any atom is 0.165 e. The van der Waals surface area contributed by atoms with Gasteiger partial charge in [0.2, 0.25) is 0 Å². The molecule has 0 aliphatic heterocycles. The van der Waals surface area contributed by atoms with Gasteiger partial charge in [-0.05, 0) is 47.5 Å². The van der Waals surface area contributed by atoms with Crippen LogP contribution in [0.2, 0.25) is 0 Å². The number of hydrogen-bond acceptors (Lipinski definition) is 3. The third-order valence-corrected chi connectivity index (χ3v) is 4.50. The number of rotatable bonds is 5. The lowest BCUT2D eigenvalue weighted by molar-refractivity contribution is 0.386. The van der Waals surface area contributed by atoms with Gasteiger partial charge in [-0.3, -0.25) is 4.68 Å². The summed E-state index contributed by atoms with van der Waals surface area (Å²) in [6.45, 7) is 4.74. The fourth-order valence-corrected chi connectivity index (χ4v) is 2.75. The zero-order valence-corrected chi connectivity index (χ0v) is 13.9. The van der Waals surface area contributed by atoms with Crippen LogP contribution in [0.3, 0.4) is 0 Å². The molecule has 21 heavy (non-hydrogen) atoms. The van der Waals surface area contributed by atoms with Crippen LogP contribution < -0.4 is 10.5 Å². The van der Waals surface area contributed by atoms with Crippen molar-refractivity contribution in [2.45, 2.75) is 32.9 Å². The van der Waals surface area contributed by atoms with E-state index in [2.05, 4.69) is 21.0 Å². The molecule has 0 radical (unpaired) electrons. The third-order valence-electron chi connectivity index (χ3n) is 3.47. The second-order valence-electron chi connectivity index (χ2n) is 4.87. The first-order valence-electron chi connectivity index (χ1n) is 6.78. The first kappa shape index (κ1) is 16.0. The van der Waals surface area contributed by atoms with Crippen LogP contribution >= 0.6 is 15.9 Å². The van der Waals surface area contributed by atoms with E-state index in [1.165, 1.54) is 13.2 Å². The Balaban J connectivity index is 2.25. The predicted octanol–water partition coefficient (Wildman–Crippen LogP) is 3.36. The van der Waals surface area contributed by atoms with Crippen LogP contribution in [0.5, 0.6) is 5.75 Å². The topological polar surface area (TPSA) is 53.1 Å². The van der Waals surface area contributed by atoms with E-state index >= 15 is 0 Å². The van der Waals surface area contributed by atoms with Gasteiger partial charge in [0.05, 0.1) is 23.0 Å². The van der Waals surface area contributed by atoms with E-state index in [9.17, 15) is 4.39 Å². The van der Waals surface area contributed by atoms with E-state index in [4.69, 9.17) is 10.5 Å². The highest BCUT2D eigenvalue weighted by atomic mass is 79.9. The quantitative estimate of drug-likeness (QED) is 0.894. The second kappa shape index (κ2) is 6.58. The molecule has 6 heteroatoms. The second-order valence-corrected chi connectivity index (χ2v) is 5.66. The monoisotopic (exact) mass is 355 g/mol. The molecule has 0 saturated carbocycles. The summed E-state index contributed by atoms with van der Waals surface area (Å²) in [7, 11) is 1.44. The van der Waals surface area contributed by atoms with Crippen molar-refractivity contribution in [2.75, 3.05) is 7.11 Å². The van der Waals surface area contributed by atoms with Gasteiger partial charge in [-0.15, -0.1) is 0 Å². The highest BCUT2D eigenvalue weighted by Gasteiger charge is 2.17. The van der Waals surface area contributed by atoms with Crippen LogP contribution in [0.25, 0.3) is 0 Å². The maximum atomic E-state index is 13.8. The largest absolute Gasteiger partial charge is 0.494 e. The van der Waals surface area contributed by atoms with Crippen molar-refractivity contribution in [2.24, 2.45) is 5.73 Å². The van der Waals surface area contributed by atoms with Crippen LogP contribution in [0.4, 0.5) is 4.39 Å². The summed E-state index contributed by atoms with van der Waals surface area (Å²) in [5.41, 5.74) is 8.91. The van der Waals surface area contributed by atoms with E-state index in [1.54, 1.807) is 12.1 Å². The molecule has 2 aromatic rings. The van der Waals surface area contributed by atoms with Crippen molar-refractivity contribution < 1.29 is 9.13 Å². The number of methoxy groups -OCH3 is 1. The average molecular weight is 356 g/mol. The molecule has 1 aromatic heterocycles. The first-order valence-corrected chi connectivity index (χ1v) is 7.58. The predicted molar refractivity (Wildman–Crippen MR) is 83.9 cm³/mol. The zero-order chi connectivity index (χ0) is 15.6. The lowest BCUT2D eigenvalue weighted by atomic mass is 10.0. The summed E-state index contributed by atoms with van der Waals surface area (Å²) in [6.07, 6.45) is 0.584. The maximum absolute atomic E-state index is 13.8. The number of aromatic nitrogens is 2. The Hall–Kier alpha value is -1.40. The molecule has 0 amide bonds. The summed E-state index contributed by atoms with van der Waals surface area (Å²) in [5, 5.41) is 4.44. The van der Waals surface area contributed by atoms with E-state index in [0.717, 1.165) is 28.0 Å². The van der Waals surface area contributed by atoms with Crippen LogP contribution in [0, 0.1) is 12.7 Å². The summed E-state index contributed by atoms with van der Waals surface area (Å²) in [6, 6.07) is 4.52. The summed E-state index contributed by atoms with van der Waals surface area (Å²) in [5.74, 6) is -0.175. The van der Waals surface area contributed by atoms with Gasteiger partial charge >= 0.3 is 0 Å². The van der Waals surface area contributed by atoms with Crippen molar-refractivity contribution in [1.82, 2.24) is 9.78 Å². The number of ether oxygens (including phenoxy) is 1. The molecule has 1 atom stereocenters. The van der Waals surface area contributed by atoms with Gasteiger partial charge in [0.15, 0.2) is 11.6 Å². The molecule has 1 aromatic carbocycles. The summed E-state index contributed by atoms with van der Waals surface area (Å²) < 4.78 is 21.6. The van der Waals surface area contributed by atoms with Gasteiger partial charge in [-0.1, -0.05) is 6.07 Å². The molecule has 0 fully saturated rings. The smallest absolute Gasteiger partial charge is 0.165 e. The van der Waals surface area contributed by atoms with Crippen molar-refractivity contribution in [3.63, 3.8) is 0 Å². The normalized spacial score (nSPS) is 12.5. The SMILES string of the molecule is CCn1nc(C)c(Br)c1CC(N)c1ccc(OC)c(F)c1. The molecule has 2 rings (SSSR count). The average Bonchev–Trinajstić information content (AvgIpc) is 2.74. The van der Waals surface area contributed by atoms with Crippen molar-refractivity contribution in [3.05, 3.63) is 45.4 Å². The standard InChI is InChI=1S/C15H19BrFN3O/c1-4-20-13(15(16)9(2)19-20)8-12(18)10-5-6-14(21-3)11(17)7-10/h5-7,12H,4,8,18H2,1-3H3. The van der Waals surface area contributed by atoms with E-state index in [1.807, 2.05) is 18.5 Å². The minimum Gasteiger partial charge on any atom is -0.494 e. The lowest BCUT2D eigenvalue weighted by Crippen LogP contribution is -2.16. The number of hydrogen-bond donors (Lipinski definition) is 1. The number of aryl methyl sites for hydroxylation is 2. The molecule has 1 unspecified atom stereocenters. The molecular weight excluding hydrogens is 337 g/mol. The molecule has 0 saturated heterocycles. The van der Waals surface area contributed by atoms with E-state index in [0.29, 0.717) is 6.42 Å². The Morgan fingerprint density at radius 1 is 1.48 bits per heavy atom. The summed E-state index contributed by atoms with van der Waals surface area (Å²) in [4.78, 5) is 0. The van der Waals surface area contributed by atoms with Crippen LogP contribution in [-0.2, 0) is 13.0 Å². The molecule has 0 bridgehead atoms. The van der Waals surface area contributed by atoms with Crippen LogP contribution in [0.15, 0.2) is 22.7 Å². The molecule has 0 aliphatic rings. The van der Waals surface area contributed by atoms with Crippen molar-refractivity contribution in [1.29, 1.82) is 0 Å². The van der Waals surface area contributed by atoms with Crippen molar-refractivity contribution in [3.8, 4) is 5.75 Å². The lowest BCUT2D eigenvalue weighted by Gasteiger charge is -2.14. The van der Waals surface area contributed by atoms with E-state index in [-0.39, 0.29) is 11.8 Å². The Morgan fingerprint density at radius 3 is 2.76 bits per heavy atom. The third kappa shape index (κ3) is 3.27. The number of benzene rings is 1. The van der Waals surface area contributed by atoms with Crippen LogP contribution in [-0.4, -0.2) is 16.9 Å². The van der Waals surface area contributed by atoms with Crippen molar-refractivity contribution >= 4 is 15.9 Å². The molecule has 4 nitrogen and oxygen atoms in total. The molecule has 0 spiro atoms. The Kier molecular flexibility index (Phi) is 5.00. The van der Waals surface area contributed by atoms with Crippen LogP contribution in [0.1, 0.15) is 29.9 Å². The van der Waals surface area contributed by atoms with Gasteiger partial charge in [0.1, 0.15) is 0 Å². The molecule has 2 N–H and O–H groups in total. The fraction of sp³-hybridized carbons (Fsp3) is 0.400. The Morgan fingerprint density at radius 2 is 2.19 bits per heavy atom. The van der Waals surface area contributed by atoms with E-state index < -0.39 is 5.82 Å². The van der Waals surface area contributed by atoms with Gasteiger partial charge in [-0.25, -0.2) is 4.39 Å². The number of nitrogens with two attached hydrogens (primary N) is 1. The highest BCUT2D eigenvalue weighted by molar-refractivity contribution is 9.10. The Labute approximate surface area is 132 Å². The molecule has 1 heterocycles. The first-order chi connectivity index (χ1) is 9.97. The summed E-state index contributed by atoms with van der Waals surface area (Å²) >= 11 is 3.55.